The van der Waals surface area contributed by atoms with Gasteiger partial charge in [0.05, 0.1) is 144 Å². The summed E-state index contributed by atoms with van der Waals surface area (Å²) in [5.74, 6) is -1.01. The van der Waals surface area contributed by atoms with Gasteiger partial charge in [0.15, 0.2) is 0 Å². The van der Waals surface area contributed by atoms with Crippen LogP contribution in [0.15, 0.2) is 139 Å². The van der Waals surface area contributed by atoms with Crippen LogP contribution in [0, 0.1) is 6.92 Å². The molecule has 462 valence electrons. The molecular weight excluding hydrogens is 1090 g/mol. The van der Waals surface area contributed by atoms with Crippen molar-refractivity contribution in [3.05, 3.63) is 177 Å². The van der Waals surface area contributed by atoms with Crippen LogP contribution in [0.3, 0.4) is 0 Å². The number of amides is 3. The number of hydrogen-bond donors (Lipinski definition) is 5. The van der Waals surface area contributed by atoms with E-state index in [-0.39, 0.29) is 45.0 Å². The minimum Gasteiger partial charge on any atom is -0.495 e. The summed E-state index contributed by atoms with van der Waals surface area (Å²) in [4.78, 5) is 44.9. The first-order valence-electron chi connectivity index (χ1n) is 29.1. The second kappa shape index (κ2) is 42.9. The molecule has 0 heterocycles. The second-order valence-corrected chi connectivity index (χ2v) is 19.5. The molecule has 5 N–H and O–H groups in total. The van der Waals surface area contributed by atoms with E-state index in [0.717, 1.165) is 27.8 Å². The van der Waals surface area contributed by atoms with Crippen molar-refractivity contribution in [2.45, 2.75) is 63.3 Å². The predicted octanol–water partition coefficient (Wildman–Crippen LogP) is 7.25. The third-order valence-corrected chi connectivity index (χ3v) is 13.3. The molecule has 0 aromatic heterocycles. The van der Waals surface area contributed by atoms with Crippen LogP contribution >= 0.6 is 0 Å². The number of carbonyl (C=O) groups is 3. The Labute approximate surface area is 500 Å². The van der Waals surface area contributed by atoms with Crippen LogP contribution in [0.4, 0.5) is 5.69 Å². The fourth-order valence-corrected chi connectivity index (χ4v) is 8.94. The molecule has 5 aromatic carbocycles. The van der Waals surface area contributed by atoms with Gasteiger partial charge in [-0.1, -0.05) is 132 Å². The summed E-state index contributed by atoms with van der Waals surface area (Å²) < 4.78 is 55.2. The number of anilines is 1. The maximum Gasteiger partial charge on any atom is 0.247 e. The Balaban J connectivity index is 1.02. The SMILES string of the molecule is COc1cc(CO)ccc1NC(=O)[C@H](CCCCNC(c1ccccc1)(c1ccccc1)c1ccc(C)cc1)NC(=O)[C@H](Cc1ccccc1)NC(=O)CCOCCOCCOCCOCCOCCOCCOCCOCCOCCN=[N+]=[N-]. The zero-order chi connectivity index (χ0) is 60.3. The number of ether oxygens (including phenoxy) is 10. The number of aliphatic hydroxyl groups is 1. The van der Waals surface area contributed by atoms with E-state index < -0.39 is 29.4 Å². The molecule has 0 aliphatic heterocycles. The Kier molecular flexibility index (Phi) is 34.8. The number of aliphatic hydroxyl groups excluding tert-OH is 1. The Morgan fingerprint density at radius 2 is 1.01 bits per heavy atom. The molecule has 5 aromatic rings. The first-order chi connectivity index (χ1) is 41.8. The van der Waals surface area contributed by atoms with Crippen molar-refractivity contribution in [1.82, 2.24) is 16.0 Å². The van der Waals surface area contributed by atoms with Gasteiger partial charge in [-0.15, -0.1) is 0 Å². The van der Waals surface area contributed by atoms with Crippen LogP contribution in [0.2, 0.25) is 0 Å². The van der Waals surface area contributed by atoms with Crippen LogP contribution in [-0.2, 0) is 75.6 Å². The van der Waals surface area contributed by atoms with E-state index in [2.05, 4.69) is 86.7 Å². The summed E-state index contributed by atoms with van der Waals surface area (Å²) in [6.45, 7) is 9.77. The molecular formula is C64H87N7O14. The molecule has 3 amide bonds. The molecule has 0 radical (unpaired) electrons. The largest absolute Gasteiger partial charge is 0.495 e. The minimum absolute atomic E-state index is 0.00738. The fraction of sp³-hybridized carbons (Fsp3) is 0.484. The zero-order valence-corrected chi connectivity index (χ0v) is 49.3. The number of aryl methyl sites for hydroxylation is 1. The lowest BCUT2D eigenvalue weighted by molar-refractivity contribution is -0.131. The monoisotopic (exact) mass is 1180 g/mol. The van der Waals surface area contributed by atoms with Crippen molar-refractivity contribution in [2.75, 3.05) is 144 Å². The molecule has 5 rings (SSSR count). The van der Waals surface area contributed by atoms with Crippen LogP contribution in [-0.4, -0.2) is 174 Å². The summed E-state index contributed by atoms with van der Waals surface area (Å²) in [6.07, 6.45) is 1.65. The standard InChI is InChI=1S/C64H87N7O14/c1-51-21-24-56(25-22-51)64(54-16-8-4-9-17-54,55-18-10-5-11-19-55)66-28-13-12-20-58(62(74)69-57-26-23-53(50-72)49-60(57)76-2)70-63(75)59(48-52-14-6-3-7-15-52)68-61(73)27-30-77-32-34-79-36-38-81-40-42-83-44-46-85-47-45-84-43-41-82-39-37-80-35-33-78-31-29-67-71-65/h3-11,14-19,21-26,49,58-59,66,72H,12-13,20,27-48,50H2,1-2H3,(H,68,73)(H,69,74)(H,70,75)/t58-,59-/m0/s1. The Bertz CT molecular complexity index is 2600. The minimum atomic E-state index is -1.01. The smallest absolute Gasteiger partial charge is 0.247 e. The molecule has 85 heavy (non-hydrogen) atoms. The van der Waals surface area contributed by atoms with Crippen LogP contribution in [0.1, 0.15) is 59.1 Å². The maximum atomic E-state index is 14.4. The summed E-state index contributed by atoms with van der Waals surface area (Å²) in [5.41, 5.74) is 13.7. The number of methoxy groups -OCH3 is 1. The van der Waals surface area contributed by atoms with Crippen LogP contribution in [0.5, 0.6) is 5.75 Å². The molecule has 0 bridgehead atoms. The average Bonchev–Trinajstić information content (AvgIpc) is 3.68. The average molecular weight is 1180 g/mol. The quantitative estimate of drug-likeness (QED) is 0.00845. The van der Waals surface area contributed by atoms with Crippen molar-refractivity contribution in [3.8, 4) is 5.75 Å². The lowest BCUT2D eigenvalue weighted by Gasteiger charge is -2.37. The van der Waals surface area contributed by atoms with Crippen molar-refractivity contribution in [3.63, 3.8) is 0 Å². The molecule has 0 aliphatic rings. The van der Waals surface area contributed by atoms with Crippen molar-refractivity contribution in [2.24, 2.45) is 5.11 Å². The van der Waals surface area contributed by atoms with E-state index in [9.17, 15) is 19.5 Å². The summed E-state index contributed by atoms with van der Waals surface area (Å²) in [7, 11) is 1.48. The summed E-state index contributed by atoms with van der Waals surface area (Å²) in [6, 6.07) is 41.6. The second-order valence-electron chi connectivity index (χ2n) is 19.5. The molecule has 0 spiro atoms. The Hall–Kier alpha value is -6.82. The third-order valence-electron chi connectivity index (χ3n) is 13.3. The van der Waals surface area contributed by atoms with Gasteiger partial charge in [0.25, 0.3) is 0 Å². The normalized spacial score (nSPS) is 12.0. The number of benzene rings is 5. The van der Waals surface area contributed by atoms with Gasteiger partial charge in [-0.25, -0.2) is 0 Å². The molecule has 21 nitrogen and oxygen atoms in total. The first-order valence-corrected chi connectivity index (χ1v) is 29.1. The number of nitrogens with zero attached hydrogens (tertiary/aromatic N) is 3. The summed E-state index contributed by atoms with van der Waals surface area (Å²) in [5, 5.41) is 25.9. The molecule has 21 heteroatoms. The van der Waals surface area contributed by atoms with E-state index in [1.807, 2.05) is 66.7 Å². The van der Waals surface area contributed by atoms with Crippen LogP contribution in [0.25, 0.3) is 10.4 Å². The van der Waals surface area contributed by atoms with E-state index in [1.54, 1.807) is 18.2 Å². The number of rotatable bonds is 48. The highest BCUT2D eigenvalue weighted by Gasteiger charge is 2.36. The maximum absolute atomic E-state index is 14.4. The van der Waals surface area contributed by atoms with Gasteiger partial charge in [-0.05, 0) is 78.2 Å². The fourth-order valence-electron chi connectivity index (χ4n) is 8.94. The van der Waals surface area contributed by atoms with Gasteiger partial charge in [0.2, 0.25) is 17.7 Å². The third kappa shape index (κ3) is 27.0. The van der Waals surface area contributed by atoms with Gasteiger partial charge in [-0.3, -0.25) is 19.7 Å². The molecule has 0 fully saturated rings. The molecule has 0 unspecified atom stereocenters. The zero-order valence-electron chi connectivity index (χ0n) is 49.3. The van der Waals surface area contributed by atoms with E-state index in [1.165, 1.54) is 7.11 Å². The van der Waals surface area contributed by atoms with Gasteiger partial charge in [0.1, 0.15) is 17.8 Å². The van der Waals surface area contributed by atoms with Crippen molar-refractivity contribution in [1.29, 1.82) is 0 Å². The first kappa shape index (κ1) is 69.0. The van der Waals surface area contributed by atoms with E-state index in [4.69, 9.17) is 52.9 Å². The van der Waals surface area contributed by atoms with Crippen LogP contribution < -0.4 is 26.0 Å². The highest BCUT2D eigenvalue weighted by molar-refractivity contribution is 5.99. The molecule has 2 atom stereocenters. The van der Waals surface area contributed by atoms with E-state index >= 15 is 0 Å². The number of hydrogen-bond acceptors (Lipinski definition) is 16. The highest BCUT2D eigenvalue weighted by Crippen LogP contribution is 2.37. The topological polar surface area (TPSA) is 261 Å². The number of carbonyl (C=O) groups excluding carboxylic acids is 3. The molecule has 0 aliphatic carbocycles. The van der Waals surface area contributed by atoms with E-state index in [0.29, 0.717) is 149 Å². The van der Waals surface area contributed by atoms with Gasteiger partial charge in [0, 0.05) is 24.3 Å². The summed E-state index contributed by atoms with van der Waals surface area (Å²) >= 11 is 0. The lowest BCUT2D eigenvalue weighted by atomic mass is 9.76. The lowest BCUT2D eigenvalue weighted by Crippen LogP contribution is -2.53. The van der Waals surface area contributed by atoms with Gasteiger partial charge >= 0.3 is 0 Å². The predicted molar refractivity (Wildman–Crippen MR) is 323 cm³/mol. The van der Waals surface area contributed by atoms with Crippen molar-refractivity contribution < 1.29 is 66.9 Å². The Morgan fingerprint density at radius 3 is 1.49 bits per heavy atom. The van der Waals surface area contributed by atoms with Gasteiger partial charge < -0.3 is 68.4 Å². The number of unbranched alkanes of at least 4 members (excludes halogenated alkanes) is 1. The molecule has 0 saturated heterocycles. The van der Waals surface area contributed by atoms with Gasteiger partial charge in [-0.2, -0.15) is 0 Å². The highest BCUT2D eigenvalue weighted by atomic mass is 16.6. The molecule has 0 saturated carbocycles. The Morgan fingerprint density at radius 1 is 0.541 bits per heavy atom. The number of azide groups is 1. The van der Waals surface area contributed by atoms with Crippen molar-refractivity contribution >= 4 is 23.4 Å². The number of nitrogens with one attached hydrogen (secondary N) is 4.